The molecule has 0 aliphatic carbocycles. The lowest BCUT2D eigenvalue weighted by Crippen LogP contribution is -2.78. The Labute approximate surface area is 248 Å². The standard InChI is InChI=1S/C24H26Cl3N7O7/c1-12-28-18-14(9-33-16(35)7-8-17(33)36)29-20(31-21(38)41-11-22(25,26)27)34-10-15(24(39,40)23(18,34)32-12)30-19(37)13-5-3-2-4-6-13/h2-6,14-15,18,28,32,39-40H,1,7-11H2,(H,30,37)(H,29,31,38)/t14-,15?,18?,23?/m0/s1. The molecule has 1 aromatic rings. The number of carbonyl (C=O) groups is 4. The van der Waals surface area contributed by atoms with Crippen LogP contribution in [0.2, 0.25) is 0 Å². The minimum Gasteiger partial charge on any atom is -0.445 e. The lowest BCUT2D eigenvalue weighted by atomic mass is 9.85. The lowest BCUT2D eigenvalue weighted by Gasteiger charge is -2.49. The molecule has 17 heteroatoms. The van der Waals surface area contributed by atoms with Crippen molar-refractivity contribution in [3.63, 3.8) is 0 Å². The van der Waals surface area contributed by atoms with Crippen LogP contribution in [-0.2, 0) is 14.3 Å². The fourth-order valence-corrected chi connectivity index (χ4v) is 5.72. The van der Waals surface area contributed by atoms with Crippen LogP contribution in [-0.4, -0.2) is 103 Å². The summed E-state index contributed by atoms with van der Waals surface area (Å²) in [7, 11) is 0. The Bertz CT molecular complexity index is 1310. The minimum absolute atomic E-state index is 0.0293. The number of nitrogens with zero attached hydrogens (tertiary/aromatic N) is 3. The first kappa shape index (κ1) is 29.2. The molecule has 4 atom stereocenters. The molecular weight excluding hydrogens is 605 g/mol. The number of aliphatic hydroxyl groups is 2. The maximum Gasteiger partial charge on any atom is 0.414 e. The van der Waals surface area contributed by atoms with E-state index in [0.717, 1.165) is 4.90 Å². The largest absolute Gasteiger partial charge is 0.445 e. The van der Waals surface area contributed by atoms with Crippen LogP contribution in [0.25, 0.3) is 0 Å². The fraction of sp³-hybridized carbons (Fsp3) is 0.458. The van der Waals surface area contributed by atoms with Crippen molar-refractivity contribution in [1.29, 1.82) is 0 Å². The number of alkyl carbamates (subject to hydrolysis) is 1. The summed E-state index contributed by atoms with van der Waals surface area (Å²) >= 11 is 17.0. The SMILES string of the molecule is C=C1NC2[C@H](CN3C(=O)CCC3=O)N=C(NC(=O)OCC(Cl)(Cl)Cl)N3CC(NC(=O)c4ccccc4)C(O)(O)C23N1. The lowest BCUT2D eigenvalue weighted by molar-refractivity contribution is -0.231. The van der Waals surface area contributed by atoms with E-state index in [9.17, 15) is 29.4 Å². The summed E-state index contributed by atoms with van der Waals surface area (Å²) in [6.07, 6.45) is -1.03. The maximum atomic E-state index is 13.0. The van der Waals surface area contributed by atoms with Gasteiger partial charge in [-0.15, -0.1) is 0 Å². The van der Waals surface area contributed by atoms with Gasteiger partial charge in [0.2, 0.25) is 27.4 Å². The number of aliphatic imine (C=N–C) groups is 1. The summed E-state index contributed by atoms with van der Waals surface area (Å²) in [5.74, 6) is -4.19. The van der Waals surface area contributed by atoms with Gasteiger partial charge in [-0.3, -0.25) is 24.6 Å². The highest BCUT2D eigenvalue weighted by atomic mass is 35.6. The maximum absolute atomic E-state index is 13.0. The molecule has 5 rings (SSSR count). The summed E-state index contributed by atoms with van der Waals surface area (Å²) < 4.78 is 3.07. The second-order valence-electron chi connectivity index (χ2n) is 9.96. The molecule has 3 fully saturated rings. The number of alkyl halides is 3. The van der Waals surface area contributed by atoms with Crippen LogP contribution in [0.15, 0.2) is 47.7 Å². The van der Waals surface area contributed by atoms with Crippen LogP contribution in [0.5, 0.6) is 0 Å². The molecule has 4 aliphatic rings. The van der Waals surface area contributed by atoms with Crippen molar-refractivity contribution in [2.24, 2.45) is 4.99 Å². The number of hydrogen-bond acceptors (Lipinski definition) is 11. The highest BCUT2D eigenvalue weighted by molar-refractivity contribution is 6.67. The number of carbonyl (C=O) groups excluding carboxylic acids is 4. The summed E-state index contributed by atoms with van der Waals surface area (Å²) in [5.41, 5.74) is -1.62. The number of amides is 4. The quantitative estimate of drug-likeness (QED) is 0.141. The van der Waals surface area contributed by atoms with E-state index in [0.29, 0.717) is 0 Å². The molecular formula is C24H26Cl3N7O7. The molecule has 4 heterocycles. The van der Waals surface area contributed by atoms with Gasteiger partial charge in [0.15, 0.2) is 5.66 Å². The Kier molecular flexibility index (Phi) is 7.49. The predicted octanol–water partition coefficient (Wildman–Crippen LogP) is -0.506. The number of nitrogens with one attached hydrogen (secondary N) is 4. The van der Waals surface area contributed by atoms with Crippen molar-refractivity contribution in [2.75, 3.05) is 19.7 Å². The normalized spacial score (nSPS) is 28.4. The van der Waals surface area contributed by atoms with Gasteiger partial charge in [-0.05, 0) is 12.1 Å². The monoisotopic (exact) mass is 629 g/mol. The predicted molar refractivity (Wildman–Crippen MR) is 145 cm³/mol. The van der Waals surface area contributed by atoms with Crippen molar-refractivity contribution in [2.45, 2.75) is 46.2 Å². The number of imide groups is 1. The summed E-state index contributed by atoms with van der Waals surface area (Å²) in [6, 6.07) is 4.79. The zero-order valence-electron chi connectivity index (χ0n) is 21.3. The number of likely N-dealkylation sites (tertiary alicyclic amines) is 1. The third-order valence-corrected chi connectivity index (χ3v) is 7.66. The van der Waals surface area contributed by atoms with Gasteiger partial charge in [-0.1, -0.05) is 59.6 Å². The number of halogens is 3. The molecule has 220 valence electrons. The van der Waals surface area contributed by atoms with E-state index in [4.69, 9.17) is 39.5 Å². The molecule has 0 saturated carbocycles. The van der Waals surface area contributed by atoms with E-state index in [-0.39, 0.29) is 43.3 Å². The van der Waals surface area contributed by atoms with Gasteiger partial charge in [0.25, 0.3) is 5.91 Å². The summed E-state index contributed by atoms with van der Waals surface area (Å²) in [4.78, 5) is 57.5. The van der Waals surface area contributed by atoms with Crippen LogP contribution in [0.3, 0.4) is 0 Å². The van der Waals surface area contributed by atoms with E-state index in [2.05, 4.69) is 32.8 Å². The van der Waals surface area contributed by atoms with Crippen molar-refractivity contribution in [3.05, 3.63) is 48.3 Å². The number of ether oxygens (including phenoxy) is 1. The van der Waals surface area contributed by atoms with Crippen molar-refractivity contribution in [1.82, 2.24) is 31.1 Å². The second kappa shape index (κ2) is 10.5. The number of benzene rings is 1. The van der Waals surface area contributed by atoms with Gasteiger partial charge < -0.3 is 35.8 Å². The van der Waals surface area contributed by atoms with Crippen molar-refractivity contribution in [3.8, 4) is 0 Å². The van der Waals surface area contributed by atoms with Crippen LogP contribution in [0.1, 0.15) is 23.2 Å². The topological polar surface area (TPSA) is 185 Å². The summed E-state index contributed by atoms with van der Waals surface area (Å²) in [6.45, 7) is 2.74. The number of hydrogen-bond donors (Lipinski definition) is 6. The van der Waals surface area contributed by atoms with Crippen LogP contribution in [0, 0.1) is 0 Å². The molecule has 0 aromatic heterocycles. The van der Waals surface area contributed by atoms with E-state index < -0.39 is 63.8 Å². The minimum atomic E-state index is -2.73. The highest BCUT2D eigenvalue weighted by Gasteiger charge is 2.74. The van der Waals surface area contributed by atoms with Crippen molar-refractivity contribution >= 4 is 64.6 Å². The van der Waals surface area contributed by atoms with Crippen LogP contribution in [0.4, 0.5) is 4.79 Å². The zero-order chi connectivity index (χ0) is 29.7. The van der Waals surface area contributed by atoms with Crippen LogP contribution >= 0.6 is 34.8 Å². The van der Waals surface area contributed by atoms with E-state index in [1.165, 1.54) is 4.90 Å². The molecule has 6 N–H and O–H groups in total. The Morgan fingerprint density at radius 2 is 1.83 bits per heavy atom. The van der Waals surface area contributed by atoms with Crippen LogP contribution < -0.4 is 21.3 Å². The molecule has 1 aromatic carbocycles. The van der Waals surface area contributed by atoms with Gasteiger partial charge >= 0.3 is 6.09 Å². The average Bonchev–Trinajstić information content (AvgIpc) is 3.50. The van der Waals surface area contributed by atoms with Gasteiger partial charge in [-0.2, -0.15) is 0 Å². The van der Waals surface area contributed by atoms with Gasteiger partial charge in [-0.25, -0.2) is 9.79 Å². The van der Waals surface area contributed by atoms with Gasteiger partial charge in [0, 0.05) is 24.9 Å². The molecule has 3 saturated heterocycles. The molecule has 0 radical (unpaired) electrons. The Hall–Kier alpha value is -3.30. The number of rotatable bonds is 5. The summed E-state index contributed by atoms with van der Waals surface area (Å²) in [5, 5.41) is 34.5. The Morgan fingerprint density at radius 1 is 1.17 bits per heavy atom. The molecule has 41 heavy (non-hydrogen) atoms. The van der Waals surface area contributed by atoms with Crippen molar-refractivity contribution < 1.29 is 34.1 Å². The third kappa shape index (κ3) is 5.26. The van der Waals surface area contributed by atoms with E-state index in [1.807, 2.05) is 0 Å². The number of guanidine groups is 1. The Morgan fingerprint density at radius 3 is 2.46 bits per heavy atom. The first-order valence-electron chi connectivity index (χ1n) is 12.5. The molecule has 1 spiro atoms. The second-order valence-corrected chi connectivity index (χ2v) is 12.5. The van der Waals surface area contributed by atoms with E-state index in [1.54, 1.807) is 30.3 Å². The smallest absolute Gasteiger partial charge is 0.414 e. The highest BCUT2D eigenvalue weighted by Crippen LogP contribution is 2.45. The molecule has 3 unspecified atom stereocenters. The van der Waals surface area contributed by atoms with Gasteiger partial charge in [0.1, 0.15) is 12.6 Å². The zero-order valence-corrected chi connectivity index (χ0v) is 23.5. The van der Waals surface area contributed by atoms with Gasteiger partial charge in [0.05, 0.1) is 24.4 Å². The molecule has 4 aliphatic heterocycles. The van der Waals surface area contributed by atoms with E-state index >= 15 is 0 Å². The Balaban J connectivity index is 1.51. The first-order chi connectivity index (χ1) is 19.2. The first-order valence-corrected chi connectivity index (χ1v) is 13.6. The molecule has 14 nitrogen and oxygen atoms in total. The molecule has 4 amide bonds. The fourth-order valence-electron chi connectivity index (χ4n) is 5.55. The average molecular weight is 631 g/mol. The molecule has 0 bridgehead atoms. The third-order valence-electron chi connectivity index (χ3n) is 7.33.